The first kappa shape index (κ1) is 19.8. The zero-order valence-electron chi connectivity index (χ0n) is 15.0. The number of piperidine rings is 1. The highest BCUT2D eigenvalue weighted by Gasteiger charge is 2.38. The number of aliphatic imine (C=N–C) groups is 1. The molecule has 3 unspecified atom stereocenters. The highest BCUT2D eigenvalue weighted by molar-refractivity contribution is 14.0. The topological polar surface area (TPSA) is 53.9 Å². The Morgan fingerprint density at radius 2 is 1.96 bits per heavy atom. The molecule has 6 heteroatoms. The van der Waals surface area contributed by atoms with E-state index in [1.165, 1.54) is 39.2 Å². The molecule has 1 saturated heterocycles. The first-order valence-corrected chi connectivity index (χ1v) is 9.24. The van der Waals surface area contributed by atoms with Gasteiger partial charge in [-0.05, 0) is 56.3 Å². The number of likely N-dealkylation sites (tertiary alicyclic amines) is 1. The molecule has 0 spiro atoms. The number of nitrogens with zero attached hydrogens (tertiary/aromatic N) is 2. The van der Waals surface area contributed by atoms with Crippen molar-refractivity contribution in [2.45, 2.75) is 44.9 Å². The summed E-state index contributed by atoms with van der Waals surface area (Å²) in [6.45, 7) is 2.79. The Morgan fingerprint density at radius 3 is 2.50 bits per heavy atom. The van der Waals surface area contributed by atoms with E-state index in [1.54, 1.807) is 0 Å². The van der Waals surface area contributed by atoms with Crippen LogP contribution in [0.25, 0.3) is 0 Å². The van der Waals surface area contributed by atoms with Gasteiger partial charge in [0.1, 0.15) is 0 Å². The van der Waals surface area contributed by atoms with E-state index in [2.05, 4.69) is 15.2 Å². The third kappa shape index (κ3) is 4.55. The maximum atomic E-state index is 11.6. The fourth-order valence-electron chi connectivity index (χ4n) is 4.93. The van der Waals surface area contributed by atoms with Gasteiger partial charge >= 0.3 is 5.97 Å². The van der Waals surface area contributed by atoms with Gasteiger partial charge in [-0.15, -0.1) is 24.0 Å². The van der Waals surface area contributed by atoms with Crippen molar-refractivity contribution in [2.24, 2.45) is 28.7 Å². The standard InChI is InChI=1S/C18H31N3O2.HI/c1-19-18(21-9-6-14(7-10-21)17(22)23-2)20-8-5-16-12-13-3-4-15(16)11-13;/h13-16H,3-12H2,1-2H3,(H,19,20);1H. The summed E-state index contributed by atoms with van der Waals surface area (Å²) < 4.78 is 4.85. The lowest BCUT2D eigenvalue weighted by Gasteiger charge is -2.33. The number of ether oxygens (including phenoxy) is 1. The zero-order chi connectivity index (χ0) is 16.2. The van der Waals surface area contributed by atoms with Crippen LogP contribution in [-0.4, -0.2) is 50.6 Å². The minimum absolute atomic E-state index is 0. The molecular weight excluding hydrogens is 417 g/mol. The number of carbonyl (C=O) groups is 1. The van der Waals surface area contributed by atoms with Crippen molar-refractivity contribution in [2.75, 3.05) is 33.8 Å². The molecule has 3 atom stereocenters. The first-order valence-electron chi connectivity index (χ1n) is 9.24. The fraction of sp³-hybridized carbons (Fsp3) is 0.889. The Morgan fingerprint density at radius 1 is 1.21 bits per heavy atom. The lowest BCUT2D eigenvalue weighted by atomic mass is 9.86. The molecule has 0 aromatic carbocycles. The van der Waals surface area contributed by atoms with E-state index in [0.717, 1.165) is 56.2 Å². The van der Waals surface area contributed by atoms with E-state index < -0.39 is 0 Å². The molecule has 1 heterocycles. The molecule has 1 N–H and O–H groups in total. The maximum absolute atomic E-state index is 11.6. The highest BCUT2D eigenvalue weighted by Crippen LogP contribution is 2.49. The van der Waals surface area contributed by atoms with Gasteiger partial charge in [0, 0.05) is 26.7 Å². The molecular formula is C18H32IN3O2. The number of methoxy groups -OCH3 is 1. The monoisotopic (exact) mass is 449 g/mol. The van der Waals surface area contributed by atoms with Gasteiger partial charge in [-0.1, -0.05) is 6.42 Å². The molecule has 2 aliphatic carbocycles. The molecule has 0 aromatic heterocycles. The van der Waals surface area contributed by atoms with Crippen molar-refractivity contribution < 1.29 is 9.53 Å². The third-order valence-corrected chi connectivity index (χ3v) is 6.22. The molecule has 0 amide bonds. The average molecular weight is 449 g/mol. The molecule has 2 saturated carbocycles. The van der Waals surface area contributed by atoms with Gasteiger partial charge in [-0.3, -0.25) is 9.79 Å². The van der Waals surface area contributed by atoms with Crippen LogP contribution in [0.5, 0.6) is 0 Å². The second-order valence-corrected chi connectivity index (χ2v) is 7.48. The SMILES string of the molecule is CN=C(NCCC1CC2CCC1C2)N1CCC(C(=O)OC)CC1.I. The quantitative estimate of drug-likeness (QED) is 0.311. The third-order valence-electron chi connectivity index (χ3n) is 6.22. The predicted octanol–water partition coefficient (Wildman–Crippen LogP) is 2.89. The number of guanidine groups is 1. The van der Waals surface area contributed by atoms with Gasteiger partial charge < -0.3 is 15.0 Å². The number of fused-ring (bicyclic) bond motifs is 2. The van der Waals surface area contributed by atoms with Crippen LogP contribution in [0, 0.1) is 23.7 Å². The average Bonchev–Trinajstić information content (AvgIpc) is 3.21. The number of hydrogen-bond acceptors (Lipinski definition) is 3. The van der Waals surface area contributed by atoms with E-state index in [1.807, 2.05) is 7.05 Å². The molecule has 3 aliphatic rings. The van der Waals surface area contributed by atoms with Gasteiger partial charge in [-0.2, -0.15) is 0 Å². The van der Waals surface area contributed by atoms with Crippen molar-refractivity contribution >= 4 is 35.9 Å². The molecule has 138 valence electrons. The Kier molecular flexibility index (Phi) is 7.62. The fourth-order valence-corrected chi connectivity index (χ4v) is 4.93. The number of rotatable bonds is 4. The Balaban J connectivity index is 0.00000208. The van der Waals surface area contributed by atoms with Crippen LogP contribution in [0.2, 0.25) is 0 Å². The lowest BCUT2D eigenvalue weighted by Crippen LogP contribution is -2.47. The van der Waals surface area contributed by atoms with Crippen LogP contribution in [0.1, 0.15) is 44.9 Å². The summed E-state index contributed by atoms with van der Waals surface area (Å²) in [5.74, 6) is 3.95. The number of esters is 1. The van der Waals surface area contributed by atoms with E-state index >= 15 is 0 Å². The summed E-state index contributed by atoms with van der Waals surface area (Å²) in [5.41, 5.74) is 0. The summed E-state index contributed by atoms with van der Waals surface area (Å²) in [6.07, 6.45) is 8.88. The molecule has 0 aromatic rings. The minimum atomic E-state index is -0.0658. The van der Waals surface area contributed by atoms with Gasteiger partial charge in [0.15, 0.2) is 5.96 Å². The largest absolute Gasteiger partial charge is 0.469 e. The van der Waals surface area contributed by atoms with Crippen LogP contribution < -0.4 is 5.32 Å². The van der Waals surface area contributed by atoms with Gasteiger partial charge in [0.2, 0.25) is 0 Å². The minimum Gasteiger partial charge on any atom is -0.469 e. The molecule has 1 aliphatic heterocycles. The summed E-state index contributed by atoms with van der Waals surface area (Å²) in [6, 6.07) is 0. The van der Waals surface area contributed by atoms with E-state index in [4.69, 9.17) is 4.74 Å². The molecule has 3 rings (SSSR count). The second kappa shape index (κ2) is 9.25. The van der Waals surface area contributed by atoms with Gasteiger partial charge in [-0.25, -0.2) is 0 Å². The van der Waals surface area contributed by atoms with Crippen LogP contribution in [-0.2, 0) is 9.53 Å². The molecule has 3 fully saturated rings. The zero-order valence-corrected chi connectivity index (χ0v) is 17.3. The maximum Gasteiger partial charge on any atom is 0.308 e. The number of hydrogen-bond donors (Lipinski definition) is 1. The first-order chi connectivity index (χ1) is 11.2. The molecule has 5 nitrogen and oxygen atoms in total. The van der Waals surface area contributed by atoms with Crippen LogP contribution in [0.4, 0.5) is 0 Å². The van der Waals surface area contributed by atoms with Crippen molar-refractivity contribution in [1.29, 1.82) is 0 Å². The van der Waals surface area contributed by atoms with Crippen LogP contribution in [0.3, 0.4) is 0 Å². The van der Waals surface area contributed by atoms with Crippen LogP contribution >= 0.6 is 24.0 Å². The van der Waals surface area contributed by atoms with Crippen molar-refractivity contribution in [3.05, 3.63) is 0 Å². The Labute approximate surface area is 163 Å². The number of carbonyl (C=O) groups excluding carboxylic acids is 1. The number of nitrogens with one attached hydrogen (secondary N) is 1. The summed E-state index contributed by atoms with van der Waals surface area (Å²) >= 11 is 0. The second-order valence-electron chi connectivity index (χ2n) is 7.48. The lowest BCUT2D eigenvalue weighted by molar-refractivity contribution is -0.146. The van der Waals surface area contributed by atoms with Crippen LogP contribution in [0.15, 0.2) is 4.99 Å². The molecule has 0 radical (unpaired) electrons. The Hall–Kier alpha value is -0.530. The summed E-state index contributed by atoms with van der Waals surface area (Å²) in [4.78, 5) is 18.3. The molecule has 2 bridgehead atoms. The summed E-state index contributed by atoms with van der Waals surface area (Å²) in [7, 11) is 3.33. The Bertz CT molecular complexity index is 450. The smallest absolute Gasteiger partial charge is 0.308 e. The number of halogens is 1. The van der Waals surface area contributed by atoms with Crippen molar-refractivity contribution in [1.82, 2.24) is 10.2 Å². The highest BCUT2D eigenvalue weighted by atomic mass is 127. The van der Waals surface area contributed by atoms with Gasteiger partial charge in [0.25, 0.3) is 0 Å². The van der Waals surface area contributed by atoms with Gasteiger partial charge in [0.05, 0.1) is 13.0 Å². The van der Waals surface area contributed by atoms with Crippen molar-refractivity contribution in [3.63, 3.8) is 0 Å². The predicted molar refractivity (Wildman–Crippen MR) is 107 cm³/mol. The van der Waals surface area contributed by atoms with Crippen molar-refractivity contribution in [3.8, 4) is 0 Å². The normalized spacial score (nSPS) is 30.2. The van der Waals surface area contributed by atoms with E-state index in [-0.39, 0.29) is 35.9 Å². The summed E-state index contributed by atoms with van der Waals surface area (Å²) in [5, 5.41) is 3.54. The van der Waals surface area contributed by atoms with E-state index in [9.17, 15) is 4.79 Å². The van der Waals surface area contributed by atoms with E-state index in [0.29, 0.717) is 0 Å². The molecule has 24 heavy (non-hydrogen) atoms.